The third-order valence-electron chi connectivity index (χ3n) is 4.63. The number of aryl methyl sites for hydroxylation is 1. The molecule has 4 N–H and O–H groups in total. The summed E-state index contributed by atoms with van der Waals surface area (Å²) in [5, 5.41) is 33.1. The van der Waals surface area contributed by atoms with E-state index in [-0.39, 0.29) is 22.9 Å². The number of carboxylic acid groups (broad SMARTS) is 1. The summed E-state index contributed by atoms with van der Waals surface area (Å²) >= 11 is 0. The molecule has 2 unspecified atom stereocenters. The number of aromatic hydroxyl groups is 1. The molecule has 1 aliphatic heterocycles. The minimum Gasteiger partial charge on any atom is -0.507 e. The maximum Gasteiger partial charge on any atom is 0.416 e. The number of piperidine rings is 1. The Morgan fingerprint density at radius 3 is 2.50 bits per heavy atom. The zero-order chi connectivity index (χ0) is 20.5. The van der Waals surface area contributed by atoms with Gasteiger partial charge in [0.2, 0.25) is 0 Å². The van der Waals surface area contributed by atoms with Gasteiger partial charge in [0, 0.05) is 18.2 Å². The van der Waals surface area contributed by atoms with Gasteiger partial charge >= 0.3 is 12.1 Å². The molecular weight excluding hydrogens is 377 g/mol. The van der Waals surface area contributed by atoms with E-state index in [4.69, 9.17) is 5.11 Å². The first kappa shape index (κ1) is 19.9. The molecule has 2 aromatic rings. The van der Waals surface area contributed by atoms with Crippen molar-refractivity contribution < 1.29 is 28.2 Å². The standard InChI is InChI=1S/C18H19F3N4O3/c1-9-6-10(18(19,20)21)7-14(26)16(9)12-4-5-15(25-24-12)23-11-2-3-13(17(27)28)22-8-11/h4-7,11,13,22,26H,2-3,8H2,1H3,(H,23,25)(H,27,28). The number of hydrogen-bond donors (Lipinski definition) is 4. The fourth-order valence-corrected chi connectivity index (χ4v) is 3.21. The lowest BCUT2D eigenvalue weighted by molar-refractivity contribution is -0.140. The summed E-state index contributed by atoms with van der Waals surface area (Å²) in [6.45, 7) is 1.92. The molecule has 2 heterocycles. The molecule has 10 heteroatoms. The highest BCUT2D eigenvalue weighted by atomic mass is 19.4. The van der Waals surface area contributed by atoms with Gasteiger partial charge in [-0.05, 0) is 49.6 Å². The van der Waals surface area contributed by atoms with E-state index in [9.17, 15) is 23.1 Å². The number of aromatic nitrogens is 2. The molecule has 0 bridgehead atoms. The number of halogens is 3. The maximum atomic E-state index is 12.8. The Balaban J connectivity index is 1.72. The highest BCUT2D eigenvalue weighted by Crippen LogP contribution is 2.38. The Kier molecular flexibility index (Phi) is 5.41. The molecule has 2 atom stereocenters. The number of aliphatic carboxylic acids is 1. The maximum absolute atomic E-state index is 12.8. The molecule has 3 rings (SSSR count). The van der Waals surface area contributed by atoms with Gasteiger partial charge in [0.25, 0.3) is 0 Å². The molecule has 1 aliphatic rings. The average molecular weight is 396 g/mol. The first-order valence-electron chi connectivity index (χ1n) is 8.63. The topological polar surface area (TPSA) is 107 Å². The van der Waals surface area contributed by atoms with Gasteiger partial charge in [0.1, 0.15) is 17.6 Å². The Bertz CT molecular complexity index is 840. The van der Waals surface area contributed by atoms with Crippen LogP contribution in [0.3, 0.4) is 0 Å². The van der Waals surface area contributed by atoms with Crippen LogP contribution in [-0.4, -0.2) is 45.0 Å². The van der Waals surface area contributed by atoms with Crippen molar-refractivity contribution in [2.45, 2.75) is 38.0 Å². The Morgan fingerprint density at radius 2 is 2.00 bits per heavy atom. The van der Waals surface area contributed by atoms with E-state index >= 15 is 0 Å². The first-order valence-corrected chi connectivity index (χ1v) is 8.63. The molecule has 1 saturated heterocycles. The molecule has 150 valence electrons. The van der Waals surface area contributed by atoms with Gasteiger partial charge in [-0.25, -0.2) is 0 Å². The van der Waals surface area contributed by atoms with Gasteiger partial charge in [-0.15, -0.1) is 10.2 Å². The van der Waals surface area contributed by atoms with E-state index in [1.54, 1.807) is 12.1 Å². The van der Waals surface area contributed by atoms with Crippen LogP contribution in [0.2, 0.25) is 0 Å². The van der Waals surface area contributed by atoms with Crippen molar-refractivity contribution in [1.82, 2.24) is 15.5 Å². The summed E-state index contributed by atoms with van der Waals surface area (Å²) in [5.41, 5.74) is -0.252. The van der Waals surface area contributed by atoms with Crippen LogP contribution in [0, 0.1) is 6.92 Å². The molecule has 1 aromatic carbocycles. The van der Waals surface area contributed by atoms with Crippen LogP contribution < -0.4 is 10.6 Å². The molecule has 0 radical (unpaired) electrons. The van der Waals surface area contributed by atoms with Crippen molar-refractivity contribution in [2.75, 3.05) is 11.9 Å². The molecule has 28 heavy (non-hydrogen) atoms. The van der Waals surface area contributed by atoms with Crippen LogP contribution in [0.1, 0.15) is 24.0 Å². The predicted molar refractivity (Wildman–Crippen MR) is 94.9 cm³/mol. The van der Waals surface area contributed by atoms with Gasteiger partial charge in [0.05, 0.1) is 11.3 Å². The van der Waals surface area contributed by atoms with Gasteiger partial charge in [-0.3, -0.25) is 4.79 Å². The van der Waals surface area contributed by atoms with E-state index in [1.165, 1.54) is 6.92 Å². The number of hydrogen-bond acceptors (Lipinski definition) is 6. The van der Waals surface area contributed by atoms with Gasteiger partial charge < -0.3 is 20.8 Å². The third-order valence-corrected chi connectivity index (χ3v) is 4.63. The van der Waals surface area contributed by atoms with Crippen molar-refractivity contribution in [3.05, 3.63) is 35.4 Å². The normalized spacial score (nSPS) is 20.0. The van der Waals surface area contributed by atoms with E-state index in [0.717, 1.165) is 6.07 Å². The lowest BCUT2D eigenvalue weighted by Crippen LogP contribution is -2.48. The number of phenolic OH excluding ortho intramolecular Hbond substituents is 1. The fraction of sp³-hybridized carbons (Fsp3) is 0.389. The van der Waals surface area contributed by atoms with Gasteiger partial charge in [-0.1, -0.05) is 0 Å². The monoisotopic (exact) mass is 396 g/mol. The molecule has 1 fully saturated rings. The second-order valence-corrected chi connectivity index (χ2v) is 6.71. The molecule has 0 spiro atoms. The summed E-state index contributed by atoms with van der Waals surface area (Å²) in [4.78, 5) is 10.9. The number of carboxylic acids is 1. The van der Waals surface area contributed by atoms with Crippen LogP contribution in [0.4, 0.5) is 19.0 Å². The summed E-state index contributed by atoms with van der Waals surface area (Å²) in [7, 11) is 0. The van der Waals surface area contributed by atoms with E-state index in [0.29, 0.717) is 31.3 Å². The number of rotatable bonds is 4. The number of carbonyl (C=O) groups is 1. The van der Waals surface area contributed by atoms with Crippen LogP contribution in [-0.2, 0) is 11.0 Å². The van der Waals surface area contributed by atoms with E-state index in [1.807, 2.05) is 0 Å². The molecule has 0 amide bonds. The largest absolute Gasteiger partial charge is 0.507 e. The molecule has 1 aromatic heterocycles. The smallest absolute Gasteiger partial charge is 0.416 e. The number of anilines is 1. The minimum atomic E-state index is -4.55. The summed E-state index contributed by atoms with van der Waals surface area (Å²) in [6.07, 6.45) is -3.42. The lowest BCUT2D eigenvalue weighted by Gasteiger charge is -2.28. The van der Waals surface area contributed by atoms with Crippen molar-refractivity contribution in [2.24, 2.45) is 0 Å². The minimum absolute atomic E-state index is 0.0167. The Hall–Kier alpha value is -2.88. The zero-order valence-corrected chi connectivity index (χ0v) is 14.9. The number of benzene rings is 1. The van der Waals surface area contributed by atoms with Gasteiger partial charge in [0.15, 0.2) is 0 Å². The second kappa shape index (κ2) is 7.63. The predicted octanol–water partition coefficient (Wildman–Crippen LogP) is 2.79. The Morgan fingerprint density at radius 1 is 1.25 bits per heavy atom. The number of phenols is 1. The van der Waals surface area contributed by atoms with Gasteiger partial charge in [-0.2, -0.15) is 13.2 Å². The average Bonchev–Trinajstić information content (AvgIpc) is 2.62. The van der Waals surface area contributed by atoms with Crippen molar-refractivity contribution in [3.8, 4) is 17.0 Å². The summed E-state index contributed by atoms with van der Waals surface area (Å²) < 4.78 is 38.5. The number of alkyl halides is 3. The molecule has 0 aliphatic carbocycles. The van der Waals surface area contributed by atoms with Crippen LogP contribution in [0.25, 0.3) is 11.3 Å². The number of nitrogens with zero attached hydrogens (tertiary/aromatic N) is 2. The zero-order valence-electron chi connectivity index (χ0n) is 14.9. The lowest BCUT2D eigenvalue weighted by atomic mass is 10.00. The fourth-order valence-electron chi connectivity index (χ4n) is 3.21. The van der Waals surface area contributed by atoms with Crippen LogP contribution >= 0.6 is 0 Å². The van der Waals surface area contributed by atoms with E-state index in [2.05, 4.69) is 20.8 Å². The third kappa shape index (κ3) is 4.33. The Labute approximate surface area is 158 Å². The van der Waals surface area contributed by atoms with Crippen molar-refractivity contribution in [1.29, 1.82) is 0 Å². The van der Waals surface area contributed by atoms with Crippen LogP contribution in [0.15, 0.2) is 24.3 Å². The molecule has 0 saturated carbocycles. The highest BCUT2D eigenvalue weighted by Gasteiger charge is 2.32. The molecular formula is C18H19F3N4O3. The highest BCUT2D eigenvalue weighted by molar-refractivity contribution is 5.73. The quantitative estimate of drug-likeness (QED) is 0.630. The first-order chi connectivity index (χ1) is 13.1. The van der Waals surface area contributed by atoms with E-state index < -0.39 is 29.5 Å². The SMILES string of the molecule is Cc1cc(C(F)(F)F)cc(O)c1-c1ccc(NC2CCC(C(=O)O)NC2)nn1. The number of nitrogens with one attached hydrogen (secondary N) is 2. The molecule has 7 nitrogen and oxygen atoms in total. The van der Waals surface area contributed by atoms with Crippen molar-refractivity contribution in [3.63, 3.8) is 0 Å². The second-order valence-electron chi connectivity index (χ2n) is 6.71. The summed E-state index contributed by atoms with van der Waals surface area (Å²) in [6, 6.07) is 4.22. The summed E-state index contributed by atoms with van der Waals surface area (Å²) in [5.74, 6) is -0.943. The van der Waals surface area contributed by atoms with Crippen LogP contribution in [0.5, 0.6) is 5.75 Å². The van der Waals surface area contributed by atoms with Crippen molar-refractivity contribution >= 4 is 11.8 Å².